The lowest BCUT2D eigenvalue weighted by Gasteiger charge is -2.09. The fraction of sp³-hybridized carbons (Fsp3) is 0.417. The van der Waals surface area contributed by atoms with Crippen molar-refractivity contribution in [3.8, 4) is 0 Å². The third-order valence-electron chi connectivity index (χ3n) is 2.15. The zero-order valence-corrected chi connectivity index (χ0v) is 10.7. The van der Waals surface area contributed by atoms with Crippen LogP contribution in [0.3, 0.4) is 0 Å². The van der Waals surface area contributed by atoms with Gasteiger partial charge in [-0.05, 0) is 30.5 Å². The van der Waals surface area contributed by atoms with E-state index in [2.05, 4.69) is 19.0 Å². The molecule has 0 saturated heterocycles. The third-order valence-corrected chi connectivity index (χ3v) is 3.75. The van der Waals surface area contributed by atoms with Crippen molar-refractivity contribution in [2.24, 2.45) is 16.8 Å². The average molecular weight is 238 g/mol. The van der Waals surface area contributed by atoms with E-state index in [9.17, 15) is 0 Å². The highest BCUT2D eigenvalue weighted by atomic mass is 32.2. The smallest absolute Gasteiger partial charge is 0.170 e. The van der Waals surface area contributed by atoms with E-state index in [1.807, 2.05) is 36.9 Å². The predicted octanol–water partition coefficient (Wildman–Crippen LogP) is 2.84. The summed E-state index contributed by atoms with van der Waals surface area (Å²) >= 11 is 1.84. The van der Waals surface area contributed by atoms with Crippen LogP contribution in [0.2, 0.25) is 0 Å². The summed E-state index contributed by atoms with van der Waals surface area (Å²) in [5.74, 6) is 1.93. The molecule has 0 radical (unpaired) electrons. The molecule has 1 rings (SSSR count). The van der Waals surface area contributed by atoms with Gasteiger partial charge in [-0.15, -0.1) is 11.8 Å². The molecule has 0 aliphatic carbocycles. The second-order valence-corrected chi connectivity index (χ2v) is 5.23. The number of amidine groups is 1. The molecule has 0 amide bonds. The summed E-state index contributed by atoms with van der Waals surface area (Å²) in [5, 5.41) is 11.6. The minimum atomic E-state index is 0.156. The van der Waals surface area contributed by atoms with Gasteiger partial charge in [-0.3, -0.25) is 0 Å². The Bertz CT molecular complexity index is 389. The molecule has 1 aromatic rings. The highest BCUT2D eigenvalue weighted by Crippen LogP contribution is 2.25. The summed E-state index contributed by atoms with van der Waals surface area (Å²) in [6.45, 7) is 6.44. The second-order valence-electron chi connectivity index (χ2n) is 4.17. The van der Waals surface area contributed by atoms with Gasteiger partial charge in [-0.2, -0.15) is 0 Å². The largest absolute Gasteiger partial charge is 0.409 e. The Labute approximate surface area is 101 Å². The second kappa shape index (κ2) is 5.80. The number of hydrogen-bond donors (Lipinski definition) is 2. The molecular formula is C12H18N2OS. The summed E-state index contributed by atoms with van der Waals surface area (Å²) in [7, 11) is 0. The fourth-order valence-corrected chi connectivity index (χ4v) is 2.25. The molecular weight excluding hydrogens is 220 g/mol. The van der Waals surface area contributed by atoms with Crippen molar-refractivity contribution in [3.63, 3.8) is 0 Å². The van der Waals surface area contributed by atoms with Crippen LogP contribution < -0.4 is 5.73 Å². The van der Waals surface area contributed by atoms with E-state index in [1.165, 1.54) is 4.90 Å². The first kappa shape index (κ1) is 12.9. The van der Waals surface area contributed by atoms with Gasteiger partial charge in [0.2, 0.25) is 0 Å². The Hall–Kier alpha value is -1.16. The van der Waals surface area contributed by atoms with E-state index in [0.29, 0.717) is 5.92 Å². The molecule has 3 N–H and O–H groups in total. The minimum Gasteiger partial charge on any atom is -0.409 e. The van der Waals surface area contributed by atoms with Crippen molar-refractivity contribution in [1.29, 1.82) is 0 Å². The Morgan fingerprint density at radius 3 is 2.69 bits per heavy atom. The van der Waals surface area contributed by atoms with Crippen LogP contribution in [0.5, 0.6) is 0 Å². The van der Waals surface area contributed by atoms with Gasteiger partial charge >= 0.3 is 0 Å². The SMILES string of the molecule is Cc1cc(/C(N)=N/O)ccc1SCC(C)C. The zero-order chi connectivity index (χ0) is 12.1. The van der Waals surface area contributed by atoms with Gasteiger partial charge in [0.1, 0.15) is 0 Å². The summed E-state index contributed by atoms with van der Waals surface area (Å²) < 4.78 is 0. The number of nitrogens with zero attached hydrogens (tertiary/aromatic N) is 1. The van der Waals surface area contributed by atoms with Gasteiger partial charge in [0.05, 0.1) is 0 Å². The Morgan fingerprint density at radius 1 is 1.50 bits per heavy atom. The van der Waals surface area contributed by atoms with Gasteiger partial charge in [-0.25, -0.2) is 0 Å². The molecule has 1 aromatic carbocycles. The molecule has 0 heterocycles. The standard InChI is InChI=1S/C12H18N2OS/c1-8(2)7-16-11-5-4-10(6-9(11)3)12(13)14-15/h4-6,8,15H,7H2,1-3H3,(H2,13,14). The van der Waals surface area contributed by atoms with Gasteiger partial charge in [0.15, 0.2) is 5.84 Å². The highest BCUT2D eigenvalue weighted by Gasteiger charge is 2.04. The van der Waals surface area contributed by atoms with Crippen LogP contribution in [0.15, 0.2) is 28.3 Å². The number of rotatable bonds is 4. The molecule has 0 unspecified atom stereocenters. The van der Waals surface area contributed by atoms with Crippen LogP contribution in [0.25, 0.3) is 0 Å². The summed E-state index contributed by atoms with van der Waals surface area (Å²) in [6.07, 6.45) is 0. The topological polar surface area (TPSA) is 58.6 Å². The zero-order valence-electron chi connectivity index (χ0n) is 9.90. The van der Waals surface area contributed by atoms with E-state index in [1.54, 1.807) is 0 Å². The first-order valence-corrected chi connectivity index (χ1v) is 6.24. The predicted molar refractivity (Wildman–Crippen MR) is 69.3 cm³/mol. The summed E-state index contributed by atoms with van der Waals surface area (Å²) in [6, 6.07) is 5.85. The van der Waals surface area contributed by atoms with Crippen LogP contribution >= 0.6 is 11.8 Å². The van der Waals surface area contributed by atoms with E-state index in [4.69, 9.17) is 10.9 Å². The Morgan fingerprint density at radius 2 is 2.19 bits per heavy atom. The Kier molecular flexibility index (Phi) is 4.68. The van der Waals surface area contributed by atoms with Crippen molar-refractivity contribution in [2.45, 2.75) is 25.7 Å². The number of thioether (sulfide) groups is 1. The monoisotopic (exact) mass is 238 g/mol. The molecule has 0 bridgehead atoms. The van der Waals surface area contributed by atoms with E-state index < -0.39 is 0 Å². The van der Waals surface area contributed by atoms with Gasteiger partial charge in [0, 0.05) is 16.2 Å². The molecule has 0 aliphatic heterocycles. The number of benzene rings is 1. The lowest BCUT2D eigenvalue weighted by atomic mass is 10.1. The number of aryl methyl sites for hydroxylation is 1. The first-order valence-electron chi connectivity index (χ1n) is 5.26. The van der Waals surface area contributed by atoms with E-state index >= 15 is 0 Å². The average Bonchev–Trinajstić information content (AvgIpc) is 2.26. The van der Waals surface area contributed by atoms with E-state index in [0.717, 1.165) is 16.9 Å². The van der Waals surface area contributed by atoms with Crippen LogP contribution in [0, 0.1) is 12.8 Å². The van der Waals surface area contributed by atoms with Crippen LogP contribution in [-0.2, 0) is 0 Å². The molecule has 0 atom stereocenters. The number of oxime groups is 1. The molecule has 4 heteroatoms. The molecule has 3 nitrogen and oxygen atoms in total. The number of hydrogen-bond acceptors (Lipinski definition) is 3. The molecule has 0 saturated carbocycles. The van der Waals surface area contributed by atoms with E-state index in [-0.39, 0.29) is 5.84 Å². The summed E-state index contributed by atoms with van der Waals surface area (Å²) in [4.78, 5) is 1.25. The van der Waals surface area contributed by atoms with Crippen LogP contribution in [-0.4, -0.2) is 16.8 Å². The van der Waals surface area contributed by atoms with Crippen molar-refractivity contribution in [2.75, 3.05) is 5.75 Å². The maximum atomic E-state index is 8.58. The minimum absolute atomic E-state index is 0.156. The van der Waals surface area contributed by atoms with Gasteiger partial charge in [0.25, 0.3) is 0 Å². The van der Waals surface area contributed by atoms with Crippen molar-refractivity contribution < 1.29 is 5.21 Å². The normalized spacial score (nSPS) is 12.1. The number of nitrogens with two attached hydrogens (primary N) is 1. The van der Waals surface area contributed by atoms with Gasteiger partial charge < -0.3 is 10.9 Å². The summed E-state index contributed by atoms with van der Waals surface area (Å²) in [5.41, 5.74) is 7.45. The lowest BCUT2D eigenvalue weighted by molar-refractivity contribution is 0.318. The lowest BCUT2D eigenvalue weighted by Crippen LogP contribution is -2.13. The third kappa shape index (κ3) is 3.45. The molecule has 0 aliphatic rings. The van der Waals surface area contributed by atoms with Crippen LogP contribution in [0.4, 0.5) is 0 Å². The maximum Gasteiger partial charge on any atom is 0.170 e. The van der Waals surface area contributed by atoms with Crippen LogP contribution in [0.1, 0.15) is 25.0 Å². The fourth-order valence-electron chi connectivity index (χ4n) is 1.28. The molecule has 16 heavy (non-hydrogen) atoms. The van der Waals surface area contributed by atoms with Crippen molar-refractivity contribution in [1.82, 2.24) is 0 Å². The molecule has 0 aromatic heterocycles. The van der Waals surface area contributed by atoms with Crippen molar-refractivity contribution in [3.05, 3.63) is 29.3 Å². The van der Waals surface area contributed by atoms with Gasteiger partial charge in [-0.1, -0.05) is 25.1 Å². The molecule has 0 fully saturated rings. The quantitative estimate of drug-likeness (QED) is 0.279. The Balaban J connectivity index is 2.83. The van der Waals surface area contributed by atoms with Crippen molar-refractivity contribution >= 4 is 17.6 Å². The first-order chi connectivity index (χ1) is 7.54. The molecule has 88 valence electrons. The maximum absolute atomic E-state index is 8.58. The molecule has 0 spiro atoms. The highest BCUT2D eigenvalue weighted by molar-refractivity contribution is 7.99.